The SMILES string of the molecule is Cc1cc(CN2CCC(N(C)C(=O)C3[C@H]4CCC[C@@H]34)CC2)on1. The number of rotatable bonds is 4. The van der Waals surface area contributed by atoms with Crippen molar-refractivity contribution < 1.29 is 9.32 Å². The van der Waals surface area contributed by atoms with E-state index in [1.807, 2.05) is 20.0 Å². The van der Waals surface area contributed by atoms with E-state index in [0.717, 1.165) is 55.8 Å². The Balaban J connectivity index is 1.26. The number of nitrogens with zero attached hydrogens (tertiary/aromatic N) is 3. The molecule has 0 bridgehead atoms. The molecule has 2 aliphatic carbocycles. The van der Waals surface area contributed by atoms with Crippen LogP contribution in [0.3, 0.4) is 0 Å². The third-order valence-electron chi connectivity index (χ3n) is 6.20. The van der Waals surface area contributed by atoms with E-state index < -0.39 is 0 Å². The number of hydrogen-bond acceptors (Lipinski definition) is 4. The molecule has 1 aromatic heterocycles. The Bertz CT molecular complexity index is 567. The first-order valence-corrected chi connectivity index (χ1v) is 9.04. The molecule has 0 spiro atoms. The number of hydrogen-bond donors (Lipinski definition) is 0. The van der Waals surface area contributed by atoms with Crippen LogP contribution in [0, 0.1) is 24.7 Å². The molecule has 2 heterocycles. The maximum atomic E-state index is 12.7. The van der Waals surface area contributed by atoms with Crippen molar-refractivity contribution in [3.8, 4) is 0 Å². The second kappa shape index (κ2) is 5.93. The van der Waals surface area contributed by atoms with E-state index in [1.54, 1.807) is 0 Å². The zero-order chi connectivity index (χ0) is 16.0. The van der Waals surface area contributed by atoms with E-state index in [4.69, 9.17) is 4.52 Å². The molecule has 1 saturated heterocycles. The fraction of sp³-hybridized carbons (Fsp3) is 0.778. The molecular weight excluding hydrogens is 290 g/mol. The van der Waals surface area contributed by atoms with Gasteiger partial charge < -0.3 is 9.42 Å². The fourth-order valence-electron chi connectivity index (χ4n) is 4.78. The fourth-order valence-corrected chi connectivity index (χ4v) is 4.78. The lowest BCUT2D eigenvalue weighted by Crippen LogP contribution is -2.46. The number of piperidine rings is 1. The zero-order valence-corrected chi connectivity index (χ0v) is 14.2. The summed E-state index contributed by atoms with van der Waals surface area (Å²) in [7, 11) is 2.02. The van der Waals surface area contributed by atoms with Gasteiger partial charge in [-0.1, -0.05) is 11.6 Å². The average molecular weight is 317 g/mol. The van der Waals surface area contributed by atoms with E-state index >= 15 is 0 Å². The normalized spacial score (nSPS) is 31.1. The maximum Gasteiger partial charge on any atom is 0.226 e. The minimum atomic E-state index is 0.365. The zero-order valence-electron chi connectivity index (χ0n) is 14.2. The Labute approximate surface area is 138 Å². The number of amides is 1. The Kier molecular flexibility index (Phi) is 3.92. The van der Waals surface area contributed by atoms with Crippen LogP contribution in [-0.4, -0.2) is 47.0 Å². The lowest BCUT2D eigenvalue weighted by molar-refractivity contribution is -0.135. The highest BCUT2D eigenvalue weighted by Crippen LogP contribution is 2.58. The minimum absolute atomic E-state index is 0.365. The first kappa shape index (κ1) is 15.2. The molecule has 3 fully saturated rings. The number of fused-ring (bicyclic) bond motifs is 1. The minimum Gasteiger partial charge on any atom is -0.360 e. The van der Waals surface area contributed by atoms with Crippen molar-refractivity contribution in [2.24, 2.45) is 17.8 Å². The van der Waals surface area contributed by atoms with Gasteiger partial charge in [0.05, 0.1) is 12.2 Å². The highest BCUT2D eigenvalue weighted by Gasteiger charge is 2.57. The highest BCUT2D eigenvalue weighted by atomic mass is 16.5. The molecule has 1 unspecified atom stereocenters. The summed E-state index contributed by atoms with van der Waals surface area (Å²) < 4.78 is 5.31. The molecule has 1 aliphatic heterocycles. The Hall–Kier alpha value is -1.36. The summed E-state index contributed by atoms with van der Waals surface area (Å²) >= 11 is 0. The molecule has 1 amide bonds. The van der Waals surface area contributed by atoms with Crippen LogP contribution in [0.1, 0.15) is 43.6 Å². The molecule has 1 aromatic rings. The first-order chi connectivity index (χ1) is 11.1. The summed E-state index contributed by atoms with van der Waals surface area (Å²) in [4.78, 5) is 17.2. The largest absolute Gasteiger partial charge is 0.360 e. The van der Waals surface area contributed by atoms with E-state index in [-0.39, 0.29) is 0 Å². The van der Waals surface area contributed by atoms with Crippen LogP contribution in [0.5, 0.6) is 0 Å². The van der Waals surface area contributed by atoms with Gasteiger partial charge in [-0.25, -0.2) is 0 Å². The molecule has 5 nitrogen and oxygen atoms in total. The van der Waals surface area contributed by atoms with Crippen molar-refractivity contribution in [2.45, 2.75) is 51.6 Å². The van der Waals surface area contributed by atoms with Gasteiger partial charge in [-0.2, -0.15) is 0 Å². The van der Waals surface area contributed by atoms with Gasteiger partial charge in [-0.15, -0.1) is 0 Å². The van der Waals surface area contributed by atoms with E-state index in [0.29, 0.717) is 17.9 Å². The lowest BCUT2D eigenvalue weighted by Gasteiger charge is -2.36. The summed E-state index contributed by atoms with van der Waals surface area (Å²) in [6, 6.07) is 2.42. The van der Waals surface area contributed by atoms with Gasteiger partial charge in [0.1, 0.15) is 0 Å². The third kappa shape index (κ3) is 2.91. The molecular formula is C18H27N3O2. The standard InChI is InChI=1S/C18H27N3O2/c1-12-10-14(23-19-12)11-21-8-6-13(7-9-21)20(2)18(22)17-15-4-3-5-16(15)17/h10,13,15-17H,3-9,11H2,1-2H3/t15-,16+,17?. The number of aromatic nitrogens is 1. The number of likely N-dealkylation sites (tertiary alicyclic amines) is 1. The molecule has 126 valence electrons. The number of carbonyl (C=O) groups is 1. The summed E-state index contributed by atoms with van der Waals surface area (Å²) in [6.45, 7) is 4.84. The van der Waals surface area contributed by atoms with Crippen LogP contribution >= 0.6 is 0 Å². The predicted molar refractivity (Wildman–Crippen MR) is 86.6 cm³/mol. The van der Waals surface area contributed by atoms with Gasteiger partial charge in [-0.05, 0) is 44.4 Å². The summed E-state index contributed by atoms with van der Waals surface area (Å²) in [5, 5.41) is 3.95. The van der Waals surface area contributed by atoms with Gasteiger partial charge in [-0.3, -0.25) is 9.69 Å². The topological polar surface area (TPSA) is 49.6 Å². The van der Waals surface area contributed by atoms with Crippen LogP contribution in [-0.2, 0) is 11.3 Å². The third-order valence-corrected chi connectivity index (χ3v) is 6.20. The molecule has 4 rings (SSSR count). The van der Waals surface area contributed by atoms with Crippen molar-refractivity contribution >= 4 is 5.91 Å². The number of aryl methyl sites for hydroxylation is 1. The number of carbonyl (C=O) groups excluding carboxylic acids is 1. The highest BCUT2D eigenvalue weighted by molar-refractivity contribution is 5.82. The van der Waals surface area contributed by atoms with Crippen LogP contribution in [0.4, 0.5) is 0 Å². The van der Waals surface area contributed by atoms with Crippen LogP contribution in [0.25, 0.3) is 0 Å². The summed E-state index contributed by atoms with van der Waals surface area (Å²) in [6.07, 6.45) is 6.03. The van der Waals surface area contributed by atoms with Crippen molar-refractivity contribution in [1.29, 1.82) is 0 Å². The molecule has 5 heteroatoms. The Morgan fingerprint density at radius 3 is 2.61 bits per heavy atom. The summed E-state index contributed by atoms with van der Waals surface area (Å²) in [5.74, 6) is 3.17. The molecule has 0 radical (unpaired) electrons. The van der Waals surface area contributed by atoms with E-state index in [9.17, 15) is 4.79 Å². The monoisotopic (exact) mass is 317 g/mol. The van der Waals surface area contributed by atoms with Crippen LogP contribution < -0.4 is 0 Å². The Morgan fingerprint density at radius 1 is 1.30 bits per heavy atom. The van der Waals surface area contributed by atoms with E-state index in [2.05, 4.69) is 15.0 Å². The molecule has 0 N–H and O–H groups in total. The summed E-state index contributed by atoms with van der Waals surface area (Å²) in [5.41, 5.74) is 0.940. The van der Waals surface area contributed by atoms with Crippen LogP contribution in [0.15, 0.2) is 10.6 Å². The maximum absolute atomic E-state index is 12.7. The first-order valence-electron chi connectivity index (χ1n) is 9.04. The smallest absolute Gasteiger partial charge is 0.226 e. The molecule has 2 saturated carbocycles. The lowest BCUT2D eigenvalue weighted by atomic mass is 10.0. The van der Waals surface area contributed by atoms with Gasteiger partial charge in [0.2, 0.25) is 5.91 Å². The second-order valence-corrected chi connectivity index (χ2v) is 7.68. The van der Waals surface area contributed by atoms with Crippen molar-refractivity contribution in [3.05, 3.63) is 17.5 Å². The molecule has 3 aliphatic rings. The van der Waals surface area contributed by atoms with Gasteiger partial charge in [0.25, 0.3) is 0 Å². The molecule has 0 aromatic carbocycles. The van der Waals surface area contributed by atoms with Gasteiger partial charge in [0.15, 0.2) is 5.76 Å². The van der Waals surface area contributed by atoms with Crippen molar-refractivity contribution in [1.82, 2.24) is 15.0 Å². The van der Waals surface area contributed by atoms with Crippen LogP contribution in [0.2, 0.25) is 0 Å². The van der Waals surface area contributed by atoms with Crippen molar-refractivity contribution in [3.63, 3.8) is 0 Å². The van der Waals surface area contributed by atoms with Gasteiger partial charge in [0, 0.05) is 38.2 Å². The van der Waals surface area contributed by atoms with Gasteiger partial charge >= 0.3 is 0 Å². The molecule has 23 heavy (non-hydrogen) atoms. The van der Waals surface area contributed by atoms with E-state index in [1.165, 1.54) is 19.3 Å². The predicted octanol–water partition coefficient (Wildman–Crippen LogP) is 2.45. The molecule has 3 atom stereocenters. The van der Waals surface area contributed by atoms with Crippen molar-refractivity contribution in [2.75, 3.05) is 20.1 Å². The quantitative estimate of drug-likeness (QED) is 0.856. The average Bonchev–Trinajstić information content (AvgIpc) is 2.89. The second-order valence-electron chi connectivity index (χ2n) is 7.68. The Morgan fingerprint density at radius 2 is 2.00 bits per heavy atom.